The third-order valence-electron chi connectivity index (χ3n) is 5.73. The number of methoxy groups -OCH3 is 1. The van der Waals surface area contributed by atoms with Gasteiger partial charge in [-0.15, -0.1) is 0 Å². The topological polar surface area (TPSA) is 114 Å². The van der Waals surface area contributed by atoms with Crippen LogP contribution in [0.3, 0.4) is 0 Å². The van der Waals surface area contributed by atoms with Gasteiger partial charge in [0.15, 0.2) is 0 Å². The highest BCUT2D eigenvalue weighted by Gasteiger charge is 2.48. The van der Waals surface area contributed by atoms with E-state index < -0.39 is 41.2 Å². The summed E-state index contributed by atoms with van der Waals surface area (Å²) in [6.45, 7) is 9.34. The van der Waals surface area contributed by atoms with Gasteiger partial charge in [-0.1, -0.05) is 13.8 Å². The third kappa shape index (κ3) is 6.52. The molecule has 9 nitrogen and oxygen atoms in total. The Hall–Kier alpha value is -1.97. The number of ether oxygens (including phenoxy) is 2. The van der Waals surface area contributed by atoms with Gasteiger partial charge in [-0.05, 0) is 63.9 Å². The molecule has 0 aromatic heterocycles. The lowest BCUT2D eigenvalue weighted by atomic mass is 9.88. The average Bonchev–Trinajstić information content (AvgIpc) is 3.19. The number of nitrogens with one attached hydrogen (secondary N) is 2. The highest BCUT2D eigenvalue weighted by atomic mass is 32.2. The van der Waals surface area contributed by atoms with E-state index in [4.69, 9.17) is 9.47 Å². The molecular weight excluding hydrogens is 434 g/mol. The summed E-state index contributed by atoms with van der Waals surface area (Å²) in [6.07, 6.45) is 1.50. The number of hydrogen-bond acceptors (Lipinski definition) is 7. The Morgan fingerprint density at radius 1 is 1.12 bits per heavy atom. The molecule has 0 saturated carbocycles. The van der Waals surface area contributed by atoms with Crippen LogP contribution in [0.15, 0.2) is 0 Å². The maximum atomic E-state index is 13.7. The quantitative estimate of drug-likeness (QED) is 0.570. The maximum absolute atomic E-state index is 13.7. The maximum Gasteiger partial charge on any atom is 0.408 e. The molecule has 2 atom stereocenters. The first kappa shape index (κ1) is 26.3. The van der Waals surface area contributed by atoms with E-state index in [9.17, 15) is 19.2 Å². The standard InChI is InChI=1S/C22H37N3O6S/c1-14(2)16(23-20(29)31-21(3,4)5)17(26)24-22(9-12-32-13-10-22)19(28)25-11-7-8-15(25)18(27)30-6/h14-16H,7-13H2,1-6H3,(H,23,29)(H,24,26)/t15-,16-/m0/s1. The molecular formula is C22H37N3O6S. The molecule has 3 amide bonds. The van der Waals surface area contributed by atoms with Crippen molar-refractivity contribution in [3.8, 4) is 0 Å². The number of esters is 1. The number of hydrogen-bond donors (Lipinski definition) is 2. The molecule has 0 aliphatic carbocycles. The lowest BCUT2D eigenvalue weighted by Crippen LogP contribution is -2.65. The summed E-state index contributed by atoms with van der Waals surface area (Å²) in [4.78, 5) is 53.0. The van der Waals surface area contributed by atoms with Crippen LogP contribution in [-0.2, 0) is 23.9 Å². The average molecular weight is 472 g/mol. The van der Waals surface area contributed by atoms with E-state index in [2.05, 4.69) is 10.6 Å². The van der Waals surface area contributed by atoms with Crippen LogP contribution in [0.2, 0.25) is 0 Å². The second-order valence-corrected chi connectivity index (χ2v) is 11.0. The van der Waals surface area contributed by atoms with Crippen LogP contribution in [0.5, 0.6) is 0 Å². The van der Waals surface area contributed by atoms with Crippen molar-refractivity contribution in [2.45, 2.75) is 83.5 Å². The summed E-state index contributed by atoms with van der Waals surface area (Å²) in [5.74, 6) is 0.0959. The zero-order chi connectivity index (χ0) is 24.1. The zero-order valence-electron chi connectivity index (χ0n) is 20.0. The van der Waals surface area contributed by atoms with Gasteiger partial charge in [0.25, 0.3) is 0 Å². The lowest BCUT2D eigenvalue weighted by Gasteiger charge is -2.41. The fourth-order valence-electron chi connectivity index (χ4n) is 4.06. The smallest absolute Gasteiger partial charge is 0.408 e. The van der Waals surface area contributed by atoms with Gasteiger partial charge in [0.1, 0.15) is 23.2 Å². The first-order chi connectivity index (χ1) is 14.9. The van der Waals surface area contributed by atoms with Gasteiger partial charge in [-0.2, -0.15) is 11.8 Å². The molecule has 2 heterocycles. The number of alkyl carbamates (subject to hydrolysis) is 1. The fourth-order valence-corrected chi connectivity index (χ4v) is 5.25. The molecule has 2 rings (SSSR count). The number of amides is 3. The molecule has 10 heteroatoms. The Bertz CT molecular complexity index is 715. The Kier molecular flexibility index (Phi) is 8.84. The van der Waals surface area contributed by atoms with E-state index in [0.29, 0.717) is 43.7 Å². The number of nitrogens with zero attached hydrogens (tertiary/aromatic N) is 1. The number of likely N-dealkylation sites (tertiary alicyclic amines) is 1. The molecule has 2 fully saturated rings. The molecule has 0 bridgehead atoms. The first-order valence-electron chi connectivity index (χ1n) is 11.2. The number of carbonyl (C=O) groups excluding carboxylic acids is 4. The Morgan fingerprint density at radius 2 is 1.75 bits per heavy atom. The van der Waals surface area contributed by atoms with Crippen LogP contribution in [-0.4, -0.2) is 77.2 Å². The summed E-state index contributed by atoms with van der Waals surface area (Å²) in [6, 6.07) is -1.49. The Labute approximate surface area is 194 Å². The molecule has 182 valence electrons. The van der Waals surface area contributed by atoms with Gasteiger partial charge in [0.2, 0.25) is 11.8 Å². The van der Waals surface area contributed by atoms with E-state index in [-0.39, 0.29) is 11.8 Å². The number of carbonyl (C=O) groups is 4. The molecule has 0 spiro atoms. The molecule has 0 radical (unpaired) electrons. The van der Waals surface area contributed by atoms with E-state index in [1.54, 1.807) is 37.4 Å². The summed E-state index contributed by atoms with van der Waals surface area (Å²) in [5, 5.41) is 5.62. The van der Waals surface area contributed by atoms with Crippen LogP contribution < -0.4 is 10.6 Å². The summed E-state index contributed by atoms with van der Waals surface area (Å²) in [5.41, 5.74) is -1.81. The number of rotatable bonds is 6. The van der Waals surface area contributed by atoms with Crippen LogP contribution in [0.4, 0.5) is 4.79 Å². The highest BCUT2D eigenvalue weighted by Crippen LogP contribution is 2.32. The minimum atomic E-state index is -1.11. The molecule has 2 saturated heterocycles. The minimum Gasteiger partial charge on any atom is -0.467 e. The van der Waals surface area contributed by atoms with Crippen molar-refractivity contribution in [1.29, 1.82) is 0 Å². The van der Waals surface area contributed by atoms with E-state index in [1.165, 1.54) is 7.11 Å². The second-order valence-electron chi connectivity index (χ2n) is 9.73. The normalized spacial score (nSPS) is 21.6. The van der Waals surface area contributed by atoms with E-state index in [1.807, 2.05) is 13.8 Å². The molecule has 0 aromatic rings. The highest BCUT2D eigenvalue weighted by molar-refractivity contribution is 7.99. The molecule has 32 heavy (non-hydrogen) atoms. The van der Waals surface area contributed by atoms with Gasteiger partial charge in [-0.25, -0.2) is 9.59 Å². The lowest BCUT2D eigenvalue weighted by molar-refractivity contribution is -0.154. The van der Waals surface area contributed by atoms with Crippen LogP contribution >= 0.6 is 11.8 Å². The minimum absolute atomic E-state index is 0.220. The van der Waals surface area contributed by atoms with Crippen molar-refractivity contribution in [1.82, 2.24) is 15.5 Å². The van der Waals surface area contributed by atoms with Gasteiger partial charge >= 0.3 is 12.1 Å². The fraction of sp³-hybridized carbons (Fsp3) is 0.818. The van der Waals surface area contributed by atoms with Crippen molar-refractivity contribution in [2.75, 3.05) is 25.2 Å². The first-order valence-corrected chi connectivity index (χ1v) is 12.3. The Balaban J connectivity index is 2.22. The van der Waals surface area contributed by atoms with Crippen molar-refractivity contribution in [3.05, 3.63) is 0 Å². The summed E-state index contributed by atoms with van der Waals surface area (Å²) < 4.78 is 10.2. The van der Waals surface area contributed by atoms with Gasteiger partial charge in [0.05, 0.1) is 7.11 Å². The zero-order valence-corrected chi connectivity index (χ0v) is 20.8. The molecule has 0 unspecified atom stereocenters. The van der Waals surface area contributed by atoms with Crippen molar-refractivity contribution in [3.63, 3.8) is 0 Å². The Morgan fingerprint density at radius 3 is 2.28 bits per heavy atom. The molecule has 2 aliphatic rings. The van der Waals surface area contributed by atoms with Crippen molar-refractivity contribution < 1.29 is 28.7 Å². The van der Waals surface area contributed by atoms with E-state index in [0.717, 1.165) is 0 Å². The van der Waals surface area contributed by atoms with Gasteiger partial charge in [0, 0.05) is 6.54 Å². The third-order valence-corrected chi connectivity index (χ3v) is 6.71. The second kappa shape index (κ2) is 10.8. The molecule has 2 N–H and O–H groups in total. The summed E-state index contributed by atoms with van der Waals surface area (Å²) >= 11 is 1.72. The summed E-state index contributed by atoms with van der Waals surface area (Å²) in [7, 11) is 1.31. The monoisotopic (exact) mass is 471 g/mol. The molecule has 0 aromatic carbocycles. The van der Waals surface area contributed by atoms with Crippen LogP contribution in [0, 0.1) is 5.92 Å². The predicted octanol–water partition coefficient (Wildman–Crippen LogP) is 2.08. The largest absolute Gasteiger partial charge is 0.467 e. The molecule has 2 aliphatic heterocycles. The van der Waals surface area contributed by atoms with Crippen molar-refractivity contribution in [2.24, 2.45) is 5.92 Å². The van der Waals surface area contributed by atoms with Crippen LogP contribution in [0.1, 0.15) is 60.3 Å². The van der Waals surface area contributed by atoms with E-state index >= 15 is 0 Å². The number of thioether (sulfide) groups is 1. The van der Waals surface area contributed by atoms with Crippen molar-refractivity contribution >= 4 is 35.6 Å². The van der Waals surface area contributed by atoms with Gasteiger partial charge < -0.3 is 25.0 Å². The van der Waals surface area contributed by atoms with Gasteiger partial charge in [-0.3, -0.25) is 9.59 Å². The SMILES string of the molecule is COC(=O)[C@@H]1CCCN1C(=O)C1(NC(=O)[C@@H](NC(=O)OC(C)(C)C)C(C)C)CCSCC1. The predicted molar refractivity (Wildman–Crippen MR) is 122 cm³/mol. The van der Waals surface area contributed by atoms with Crippen LogP contribution in [0.25, 0.3) is 0 Å².